The summed E-state index contributed by atoms with van der Waals surface area (Å²) in [4.78, 5) is 51.0. The van der Waals surface area contributed by atoms with Crippen molar-refractivity contribution in [2.75, 3.05) is 0 Å². The fourth-order valence-corrected chi connectivity index (χ4v) is 4.80. The van der Waals surface area contributed by atoms with E-state index < -0.39 is 46.2 Å². The lowest BCUT2D eigenvalue weighted by molar-refractivity contribution is -0.138. The number of carbonyl (C=O) groups excluding carboxylic acids is 2. The van der Waals surface area contributed by atoms with Crippen LogP contribution < -0.4 is 15.9 Å². The van der Waals surface area contributed by atoms with Crippen molar-refractivity contribution in [2.45, 2.75) is 12.4 Å². The molecule has 0 N–H and O–H groups in total. The van der Waals surface area contributed by atoms with Crippen LogP contribution in [0.15, 0.2) is 131 Å². The molecule has 9 nitrogen and oxygen atoms in total. The molecule has 51 heavy (non-hydrogen) atoms. The molecule has 6 aromatic rings. The van der Waals surface area contributed by atoms with E-state index in [-0.39, 0.29) is 33.9 Å². The summed E-state index contributed by atoms with van der Waals surface area (Å²) in [5, 5.41) is 8.07. The molecule has 0 atom stereocenters. The maximum Gasteiger partial charge on any atom is 0.416 e. The zero-order chi connectivity index (χ0) is 36.5. The molecule has 0 saturated carbocycles. The van der Waals surface area contributed by atoms with Crippen molar-refractivity contribution in [2.24, 2.45) is 0 Å². The highest BCUT2D eigenvalue weighted by atomic mass is 19.4. The van der Waals surface area contributed by atoms with Gasteiger partial charge in [0.05, 0.1) is 22.5 Å². The Morgan fingerprint density at radius 1 is 0.471 bits per heavy atom. The molecule has 4 aromatic carbocycles. The molecule has 0 fully saturated rings. The summed E-state index contributed by atoms with van der Waals surface area (Å²) >= 11 is 0. The topological polar surface area (TPSA) is 113 Å². The predicted molar refractivity (Wildman–Crippen MR) is 169 cm³/mol. The van der Waals surface area contributed by atoms with Gasteiger partial charge in [0.2, 0.25) is 11.6 Å². The molecule has 256 valence electrons. The first-order chi connectivity index (χ1) is 24.2. The van der Waals surface area contributed by atoms with Gasteiger partial charge in [0.1, 0.15) is 22.9 Å². The number of rotatable bonds is 8. The standard InChI is InChI=1S/C36H20F6N4O5/c37-35(38,39)23-5-9-25(10-6-23)45-31(47)19-17-29(43-45)33(49)21-1-13-27(14-2-21)51-28-15-3-22(4-16-28)34(50)30-18-20-32(48)46(44-30)26-11-7-24(8-12-26)36(40,41)42/h1-20H. The molecule has 0 aliphatic heterocycles. The highest BCUT2D eigenvalue weighted by Crippen LogP contribution is 2.30. The molecular weight excluding hydrogens is 682 g/mol. The van der Waals surface area contributed by atoms with Gasteiger partial charge in [-0.15, -0.1) is 0 Å². The van der Waals surface area contributed by atoms with Crippen LogP contribution in [0.4, 0.5) is 26.3 Å². The van der Waals surface area contributed by atoms with Crippen molar-refractivity contribution >= 4 is 11.6 Å². The Labute approximate surface area is 282 Å². The summed E-state index contributed by atoms with van der Waals surface area (Å²) in [6, 6.07) is 23.8. The highest BCUT2D eigenvalue weighted by Gasteiger charge is 2.31. The van der Waals surface area contributed by atoms with Crippen molar-refractivity contribution in [1.29, 1.82) is 0 Å². The van der Waals surface area contributed by atoms with Crippen LogP contribution in [-0.4, -0.2) is 31.1 Å². The molecule has 0 radical (unpaired) electrons. The van der Waals surface area contributed by atoms with E-state index in [1.807, 2.05) is 0 Å². The van der Waals surface area contributed by atoms with E-state index in [0.717, 1.165) is 70.0 Å². The molecule has 15 heteroatoms. The van der Waals surface area contributed by atoms with Crippen molar-refractivity contribution in [3.8, 4) is 22.9 Å². The van der Waals surface area contributed by atoms with Gasteiger partial charge >= 0.3 is 12.4 Å². The number of halogens is 6. The van der Waals surface area contributed by atoms with E-state index >= 15 is 0 Å². The Kier molecular flexibility index (Phi) is 8.96. The Bertz CT molecular complexity index is 2200. The minimum absolute atomic E-state index is 0.0394. The van der Waals surface area contributed by atoms with Gasteiger partial charge in [-0.1, -0.05) is 0 Å². The SMILES string of the molecule is O=C(c1ccc(Oc2ccc(C(=O)c3ccc(=O)n(-c4ccc(C(F)(F)F)cc4)n3)cc2)cc1)c1ccc(=O)n(-c2ccc(C(F)(F)F)cc2)n1. The maximum atomic E-state index is 13.1. The molecule has 0 bridgehead atoms. The fraction of sp³-hybridized carbons (Fsp3) is 0.0556. The van der Waals surface area contributed by atoms with Crippen LogP contribution in [0.2, 0.25) is 0 Å². The first-order valence-electron chi connectivity index (χ1n) is 14.7. The molecule has 2 aromatic heterocycles. The number of alkyl halides is 6. The van der Waals surface area contributed by atoms with Crippen molar-refractivity contribution in [3.05, 3.63) is 176 Å². The Morgan fingerprint density at radius 2 is 0.804 bits per heavy atom. The average Bonchev–Trinajstić information content (AvgIpc) is 3.11. The van der Waals surface area contributed by atoms with Gasteiger partial charge in [0, 0.05) is 23.3 Å². The molecule has 6 rings (SSSR count). The lowest BCUT2D eigenvalue weighted by Crippen LogP contribution is -2.23. The predicted octanol–water partition coefficient (Wildman–Crippen LogP) is 7.07. The molecule has 0 aliphatic rings. The number of carbonyl (C=O) groups is 2. The molecule has 0 spiro atoms. The highest BCUT2D eigenvalue weighted by molar-refractivity contribution is 6.08. The van der Waals surface area contributed by atoms with Gasteiger partial charge in [-0.3, -0.25) is 19.2 Å². The lowest BCUT2D eigenvalue weighted by Gasteiger charge is -2.10. The van der Waals surface area contributed by atoms with E-state index in [9.17, 15) is 45.5 Å². The lowest BCUT2D eigenvalue weighted by atomic mass is 10.1. The van der Waals surface area contributed by atoms with Crippen LogP contribution in [0.1, 0.15) is 43.2 Å². The van der Waals surface area contributed by atoms with Gasteiger partial charge in [-0.2, -0.15) is 45.9 Å². The fourth-order valence-electron chi connectivity index (χ4n) is 4.80. The smallest absolute Gasteiger partial charge is 0.416 e. The minimum atomic E-state index is -4.56. The number of benzene rings is 4. The third kappa shape index (κ3) is 7.51. The monoisotopic (exact) mass is 702 g/mol. The number of ether oxygens (including phenoxy) is 1. The Balaban J connectivity index is 1.13. The summed E-state index contributed by atoms with van der Waals surface area (Å²) in [6.07, 6.45) is -9.12. The van der Waals surface area contributed by atoms with Crippen LogP contribution in [0.5, 0.6) is 11.5 Å². The normalized spacial score (nSPS) is 11.6. The van der Waals surface area contributed by atoms with Gasteiger partial charge in [-0.05, 0) is 109 Å². The number of hydrogen-bond donors (Lipinski definition) is 0. The first kappa shape index (κ1) is 34.2. The number of ketones is 2. The maximum absolute atomic E-state index is 13.1. The number of nitrogens with zero attached hydrogens (tertiary/aromatic N) is 4. The quantitative estimate of drug-likeness (QED) is 0.123. The Hall–Kier alpha value is -6.64. The third-order valence-electron chi connectivity index (χ3n) is 7.41. The molecule has 2 heterocycles. The second-order valence-electron chi connectivity index (χ2n) is 10.8. The van der Waals surface area contributed by atoms with Crippen LogP contribution in [0, 0.1) is 0 Å². The van der Waals surface area contributed by atoms with Crippen molar-refractivity contribution in [1.82, 2.24) is 19.6 Å². The summed E-state index contributed by atoms with van der Waals surface area (Å²) in [7, 11) is 0. The van der Waals surface area contributed by atoms with Crippen molar-refractivity contribution < 1.29 is 40.7 Å². The van der Waals surface area contributed by atoms with Crippen molar-refractivity contribution in [3.63, 3.8) is 0 Å². The van der Waals surface area contributed by atoms with E-state index in [1.165, 1.54) is 60.7 Å². The third-order valence-corrected chi connectivity index (χ3v) is 7.41. The van der Waals surface area contributed by atoms with Crippen LogP contribution >= 0.6 is 0 Å². The molecule has 0 saturated heterocycles. The van der Waals surface area contributed by atoms with Gasteiger partial charge in [0.15, 0.2) is 0 Å². The second kappa shape index (κ2) is 13.3. The number of hydrogen-bond acceptors (Lipinski definition) is 7. The average molecular weight is 703 g/mol. The van der Waals surface area contributed by atoms with E-state index in [2.05, 4.69) is 10.2 Å². The van der Waals surface area contributed by atoms with Gasteiger partial charge in [-0.25, -0.2) is 0 Å². The van der Waals surface area contributed by atoms with Crippen LogP contribution in [0.3, 0.4) is 0 Å². The molecule has 0 aliphatic carbocycles. The van der Waals surface area contributed by atoms with Gasteiger partial charge in [0.25, 0.3) is 11.1 Å². The van der Waals surface area contributed by atoms with E-state index in [4.69, 9.17) is 4.74 Å². The molecular formula is C36H20F6N4O5. The number of aromatic nitrogens is 4. The second-order valence-corrected chi connectivity index (χ2v) is 10.8. The van der Waals surface area contributed by atoms with E-state index in [0.29, 0.717) is 11.5 Å². The zero-order valence-corrected chi connectivity index (χ0v) is 25.6. The van der Waals surface area contributed by atoms with Crippen LogP contribution in [0.25, 0.3) is 11.4 Å². The zero-order valence-electron chi connectivity index (χ0n) is 25.6. The largest absolute Gasteiger partial charge is 0.457 e. The van der Waals surface area contributed by atoms with Crippen LogP contribution in [-0.2, 0) is 12.4 Å². The summed E-state index contributed by atoms with van der Waals surface area (Å²) in [5.41, 5.74) is -2.94. The summed E-state index contributed by atoms with van der Waals surface area (Å²) < 4.78 is 85.0. The van der Waals surface area contributed by atoms with Gasteiger partial charge < -0.3 is 4.74 Å². The molecule has 0 amide bonds. The summed E-state index contributed by atoms with van der Waals surface area (Å²) in [6.45, 7) is 0. The van der Waals surface area contributed by atoms with E-state index in [1.54, 1.807) is 0 Å². The summed E-state index contributed by atoms with van der Waals surface area (Å²) in [5.74, 6) is -0.496. The Morgan fingerprint density at radius 3 is 1.12 bits per heavy atom. The minimum Gasteiger partial charge on any atom is -0.457 e. The first-order valence-corrected chi connectivity index (χ1v) is 14.7. The molecule has 0 unspecified atom stereocenters.